The zero-order valence-corrected chi connectivity index (χ0v) is 17.1. The first-order valence-electron chi connectivity index (χ1n) is 8.87. The molecule has 2 aromatic carbocycles. The van der Waals surface area contributed by atoms with Crippen molar-refractivity contribution >= 4 is 23.5 Å². The van der Waals surface area contributed by atoms with E-state index in [1.54, 1.807) is 49.6 Å². The number of carbonyl (C=O) groups excluding carboxylic acids is 2. The van der Waals surface area contributed by atoms with Gasteiger partial charge in [0.25, 0.3) is 5.91 Å². The van der Waals surface area contributed by atoms with Gasteiger partial charge in [-0.1, -0.05) is 28.9 Å². The van der Waals surface area contributed by atoms with Gasteiger partial charge in [0.15, 0.2) is 11.5 Å². The van der Waals surface area contributed by atoms with Crippen LogP contribution in [0.4, 0.5) is 0 Å². The Bertz CT molecular complexity index is 1030. The van der Waals surface area contributed by atoms with Gasteiger partial charge in [0.2, 0.25) is 0 Å². The van der Waals surface area contributed by atoms with Gasteiger partial charge in [0, 0.05) is 18.7 Å². The smallest absolute Gasteiger partial charge is 0.337 e. The number of methoxy groups -OCH3 is 2. The molecule has 9 heteroatoms. The number of esters is 1. The second-order valence-electron chi connectivity index (χ2n) is 6.13. The molecule has 0 saturated heterocycles. The molecule has 0 aliphatic rings. The molecule has 0 saturated carbocycles. The molecular weight excluding hydrogens is 412 g/mol. The van der Waals surface area contributed by atoms with E-state index in [0.29, 0.717) is 27.8 Å². The summed E-state index contributed by atoms with van der Waals surface area (Å²) in [5.74, 6) is 0.624. The minimum atomic E-state index is -0.418. The summed E-state index contributed by atoms with van der Waals surface area (Å²) in [6.07, 6.45) is 0. The summed E-state index contributed by atoms with van der Waals surface area (Å²) in [6, 6.07) is 13.2. The molecule has 156 valence electrons. The van der Waals surface area contributed by atoms with E-state index in [2.05, 4.69) is 15.2 Å². The second-order valence-corrected chi connectivity index (χ2v) is 6.54. The molecule has 1 heterocycles. The van der Waals surface area contributed by atoms with E-state index in [1.165, 1.54) is 13.2 Å². The minimum absolute atomic E-state index is 0.0569. The first-order chi connectivity index (χ1) is 14.5. The highest BCUT2D eigenvalue weighted by molar-refractivity contribution is 6.32. The van der Waals surface area contributed by atoms with Gasteiger partial charge in [-0.25, -0.2) is 4.79 Å². The fraction of sp³-hybridized carbons (Fsp3) is 0.190. The topological polar surface area (TPSA) is 99.9 Å². The molecule has 1 N–H and O–H groups in total. The Morgan fingerprint density at radius 3 is 2.53 bits per heavy atom. The zero-order valence-electron chi connectivity index (χ0n) is 16.3. The van der Waals surface area contributed by atoms with Crippen LogP contribution in [0.2, 0.25) is 5.02 Å². The summed E-state index contributed by atoms with van der Waals surface area (Å²) in [5.41, 5.74) is 1.38. The number of aromatic nitrogens is 1. The van der Waals surface area contributed by atoms with Crippen molar-refractivity contribution in [2.45, 2.75) is 13.2 Å². The van der Waals surface area contributed by atoms with Crippen molar-refractivity contribution in [3.05, 3.63) is 76.1 Å². The highest BCUT2D eigenvalue weighted by Crippen LogP contribution is 2.29. The summed E-state index contributed by atoms with van der Waals surface area (Å²) in [4.78, 5) is 23.7. The molecule has 8 nitrogen and oxygen atoms in total. The minimum Gasteiger partial charge on any atom is -0.497 e. The van der Waals surface area contributed by atoms with Gasteiger partial charge in [-0.3, -0.25) is 4.79 Å². The molecule has 3 aromatic rings. The number of nitrogens with one attached hydrogen (secondary N) is 1. The van der Waals surface area contributed by atoms with E-state index in [0.717, 1.165) is 5.56 Å². The summed E-state index contributed by atoms with van der Waals surface area (Å²) >= 11 is 6.12. The molecule has 0 unspecified atom stereocenters. The van der Waals surface area contributed by atoms with Gasteiger partial charge >= 0.3 is 5.97 Å². The van der Waals surface area contributed by atoms with Crippen LogP contribution in [-0.2, 0) is 17.9 Å². The Morgan fingerprint density at radius 1 is 1.10 bits per heavy atom. The Balaban J connectivity index is 1.52. The molecule has 1 aromatic heterocycles. The van der Waals surface area contributed by atoms with Gasteiger partial charge < -0.3 is 24.1 Å². The van der Waals surface area contributed by atoms with Gasteiger partial charge in [-0.05, 0) is 29.8 Å². The Labute approximate surface area is 177 Å². The van der Waals surface area contributed by atoms with Crippen molar-refractivity contribution in [3.63, 3.8) is 0 Å². The third-order valence-corrected chi connectivity index (χ3v) is 4.42. The van der Waals surface area contributed by atoms with Crippen LogP contribution in [0, 0.1) is 0 Å². The Kier molecular flexibility index (Phi) is 6.92. The number of carbonyl (C=O) groups is 2. The average Bonchev–Trinajstić information content (AvgIpc) is 3.25. The van der Waals surface area contributed by atoms with Crippen LogP contribution in [0.3, 0.4) is 0 Å². The molecule has 0 spiro atoms. The number of nitrogens with zero attached hydrogens (tertiary/aromatic N) is 1. The van der Waals surface area contributed by atoms with E-state index < -0.39 is 11.9 Å². The lowest BCUT2D eigenvalue weighted by molar-refractivity contribution is 0.0600. The number of hydrogen-bond acceptors (Lipinski definition) is 7. The molecule has 0 fully saturated rings. The summed E-state index contributed by atoms with van der Waals surface area (Å²) in [7, 11) is 2.87. The molecule has 30 heavy (non-hydrogen) atoms. The van der Waals surface area contributed by atoms with Crippen molar-refractivity contribution in [2.24, 2.45) is 0 Å². The third kappa shape index (κ3) is 5.30. The van der Waals surface area contributed by atoms with Crippen molar-refractivity contribution in [3.8, 4) is 11.5 Å². The van der Waals surface area contributed by atoms with Crippen LogP contribution in [0.1, 0.15) is 32.2 Å². The molecular formula is C21H19ClN2O6. The van der Waals surface area contributed by atoms with Crippen LogP contribution < -0.4 is 14.8 Å². The van der Waals surface area contributed by atoms with Crippen LogP contribution in [-0.4, -0.2) is 31.3 Å². The van der Waals surface area contributed by atoms with E-state index in [-0.39, 0.29) is 18.8 Å². The predicted molar refractivity (Wildman–Crippen MR) is 108 cm³/mol. The van der Waals surface area contributed by atoms with Crippen molar-refractivity contribution < 1.29 is 28.3 Å². The second kappa shape index (κ2) is 9.80. The van der Waals surface area contributed by atoms with Gasteiger partial charge in [0.1, 0.15) is 18.1 Å². The van der Waals surface area contributed by atoms with Crippen molar-refractivity contribution in [2.75, 3.05) is 14.2 Å². The number of hydrogen-bond donors (Lipinski definition) is 1. The fourth-order valence-corrected chi connectivity index (χ4v) is 2.74. The molecule has 1 amide bonds. The standard InChI is InChI=1S/C21H19ClN2O6/c1-27-15-7-8-19(17(22)9-15)29-12-16-10-18(24-30-16)20(25)23-11-13-3-5-14(6-4-13)21(26)28-2/h3-10H,11-12H2,1-2H3,(H,23,25). The SMILES string of the molecule is COC(=O)c1ccc(CNC(=O)c2cc(COc3ccc(OC)cc3Cl)on2)cc1. The number of benzene rings is 2. The largest absolute Gasteiger partial charge is 0.497 e. The van der Waals surface area contributed by atoms with Gasteiger partial charge in [0.05, 0.1) is 24.8 Å². The van der Waals surface area contributed by atoms with E-state index >= 15 is 0 Å². The highest BCUT2D eigenvalue weighted by Gasteiger charge is 2.14. The van der Waals surface area contributed by atoms with Gasteiger partial charge in [-0.15, -0.1) is 0 Å². The maximum absolute atomic E-state index is 12.3. The van der Waals surface area contributed by atoms with Crippen LogP contribution in [0.15, 0.2) is 53.1 Å². The van der Waals surface area contributed by atoms with Gasteiger partial charge in [-0.2, -0.15) is 0 Å². The fourth-order valence-electron chi connectivity index (χ4n) is 2.51. The molecule has 0 aliphatic carbocycles. The van der Waals surface area contributed by atoms with E-state index in [1.807, 2.05) is 0 Å². The Morgan fingerprint density at radius 2 is 1.87 bits per heavy atom. The quantitative estimate of drug-likeness (QED) is 0.544. The number of amides is 1. The van der Waals surface area contributed by atoms with Crippen LogP contribution in [0.5, 0.6) is 11.5 Å². The molecule has 0 atom stereocenters. The van der Waals surface area contributed by atoms with Crippen LogP contribution >= 0.6 is 11.6 Å². The monoisotopic (exact) mass is 430 g/mol. The lowest BCUT2D eigenvalue weighted by atomic mass is 10.1. The molecule has 0 radical (unpaired) electrons. The lowest BCUT2D eigenvalue weighted by Crippen LogP contribution is -2.23. The molecule has 3 rings (SSSR count). The Hall–Kier alpha value is -3.52. The summed E-state index contributed by atoms with van der Waals surface area (Å²) in [6.45, 7) is 0.321. The first kappa shape index (κ1) is 21.2. The maximum atomic E-state index is 12.3. The third-order valence-electron chi connectivity index (χ3n) is 4.13. The van der Waals surface area contributed by atoms with Crippen molar-refractivity contribution in [1.29, 1.82) is 0 Å². The molecule has 0 aliphatic heterocycles. The summed E-state index contributed by atoms with van der Waals surface area (Å²) in [5, 5.41) is 6.88. The number of halogens is 1. The highest BCUT2D eigenvalue weighted by atomic mass is 35.5. The predicted octanol–water partition coefficient (Wildman–Crippen LogP) is 3.63. The van der Waals surface area contributed by atoms with E-state index in [4.69, 9.17) is 25.6 Å². The number of ether oxygens (including phenoxy) is 3. The number of rotatable bonds is 8. The molecule has 0 bridgehead atoms. The van der Waals surface area contributed by atoms with Crippen LogP contribution in [0.25, 0.3) is 0 Å². The average molecular weight is 431 g/mol. The van der Waals surface area contributed by atoms with Crippen molar-refractivity contribution in [1.82, 2.24) is 10.5 Å². The lowest BCUT2D eigenvalue weighted by Gasteiger charge is -2.07. The summed E-state index contributed by atoms with van der Waals surface area (Å²) < 4.78 is 20.5. The van der Waals surface area contributed by atoms with E-state index in [9.17, 15) is 9.59 Å². The zero-order chi connectivity index (χ0) is 21.5. The first-order valence-corrected chi connectivity index (χ1v) is 9.25. The maximum Gasteiger partial charge on any atom is 0.337 e. The normalized spacial score (nSPS) is 10.4.